The van der Waals surface area contributed by atoms with Crippen LogP contribution in [0, 0.1) is 13.8 Å². The molecule has 2 aromatic rings. The van der Waals surface area contributed by atoms with Crippen LogP contribution in [0.4, 0.5) is 0 Å². The zero-order valence-corrected chi connectivity index (χ0v) is 8.81. The van der Waals surface area contributed by atoms with E-state index in [4.69, 9.17) is 5.11 Å². The van der Waals surface area contributed by atoms with Gasteiger partial charge < -0.3 is 5.11 Å². The molecule has 0 spiro atoms. The number of aromatic carboxylic acids is 1. The lowest BCUT2D eigenvalue weighted by Crippen LogP contribution is -1.96. The summed E-state index contributed by atoms with van der Waals surface area (Å²) in [7, 11) is 0. The van der Waals surface area contributed by atoms with Crippen molar-refractivity contribution in [2.75, 3.05) is 0 Å². The Hall–Kier alpha value is -1.35. The van der Waals surface area contributed by atoms with Gasteiger partial charge in [0, 0.05) is 15.0 Å². The summed E-state index contributed by atoms with van der Waals surface area (Å²) in [6.07, 6.45) is 0. The van der Waals surface area contributed by atoms with Crippen LogP contribution in [0.15, 0.2) is 18.2 Å². The molecule has 1 aromatic carbocycles. The molecule has 0 aliphatic rings. The predicted molar refractivity (Wildman–Crippen MR) is 58.3 cm³/mol. The van der Waals surface area contributed by atoms with Gasteiger partial charge in [-0.2, -0.15) is 0 Å². The minimum atomic E-state index is -0.836. The molecule has 0 atom stereocenters. The molecule has 1 heterocycles. The van der Waals surface area contributed by atoms with E-state index < -0.39 is 5.97 Å². The van der Waals surface area contributed by atoms with E-state index in [1.54, 1.807) is 11.3 Å². The highest BCUT2D eigenvalue weighted by Gasteiger charge is 2.14. The van der Waals surface area contributed by atoms with Crippen LogP contribution in [-0.2, 0) is 0 Å². The molecule has 0 aliphatic heterocycles. The second-order valence-electron chi connectivity index (χ2n) is 3.34. The first-order valence-electron chi connectivity index (χ1n) is 4.32. The van der Waals surface area contributed by atoms with Gasteiger partial charge in [0.05, 0.1) is 5.56 Å². The molecule has 72 valence electrons. The number of carboxylic acid groups (broad SMARTS) is 1. The number of carbonyl (C=O) groups is 1. The van der Waals surface area contributed by atoms with Gasteiger partial charge in [-0.05, 0) is 25.5 Å². The monoisotopic (exact) mass is 206 g/mol. The van der Waals surface area contributed by atoms with E-state index in [1.165, 1.54) is 0 Å². The molecule has 0 saturated heterocycles. The molecular weight excluding hydrogens is 196 g/mol. The third-order valence-electron chi connectivity index (χ3n) is 2.24. The van der Waals surface area contributed by atoms with Gasteiger partial charge in [0.25, 0.3) is 0 Å². The summed E-state index contributed by atoms with van der Waals surface area (Å²) in [5, 5.41) is 9.88. The van der Waals surface area contributed by atoms with E-state index in [0.29, 0.717) is 5.56 Å². The predicted octanol–water partition coefficient (Wildman–Crippen LogP) is 3.22. The first-order chi connectivity index (χ1) is 6.59. The maximum atomic E-state index is 11.0. The standard InChI is InChI=1S/C11H10O2S/c1-6-3-4-8-9(5-6)14-7(2)10(8)11(12)13/h3-5H,1-2H3,(H,12,13). The Morgan fingerprint density at radius 1 is 1.36 bits per heavy atom. The van der Waals surface area contributed by atoms with Crippen molar-refractivity contribution in [1.29, 1.82) is 0 Å². The Kier molecular flexibility index (Phi) is 2.04. The fourth-order valence-corrected chi connectivity index (χ4v) is 2.75. The van der Waals surface area contributed by atoms with Gasteiger partial charge >= 0.3 is 5.97 Å². The van der Waals surface area contributed by atoms with Crippen LogP contribution in [0.1, 0.15) is 20.8 Å². The van der Waals surface area contributed by atoms with Crippen molar-refractivity contribution in [3.63, 3.8) is 0 Å². The van der Waals surface area contributed by atoms with Crippen LogP contribution in [-0.4, -0.2) is 11.1 Å². The van der Waals surface area contributed by atoms with E-state index in [2.05, 4.69) is 0 Å². The van der Waals surface area contributed by atoms with Crippen molar-refractivity contribution in [3.05, 3.63) is 34.2 Å². The van der Waals surface area contributed by atoms with E-state index in [0.717, 1.165) is 20.5 Å². The molecule has 1 N–H and O–H groups in total. The van der Waals surface area contributed by atoms with Crippen LogP contribution in [0.5, 0.6) is 0 Å². The fourth-order valence-electron chi connectivity index (χ4n) is 1.59. The van der Waals surface area contributed by atoms with Crippen molar-refractivity contribution >= 4 is 27.4 Å². The van der Waals surface area contributed by atoms with Crippen LogP contribution in [0.3, 0.4) is 0 Å². The largest absolute Gasteiger partial charge is 0.478 e. The first kappa shape index (κ1) is 9.21. The minimum Gasteiger partial charge on any atom is -0.478 e. The molecule has 3 heteroatoms. The summed E-state index contributed by atoms with van der Waals surface area (Å²) >= 11 is 1.54. The second-order valence-corrected chi connectivity index (χ2v) is 4.59. The van der Waals surface area contributed by atoms with Crippen LogP contribution < -0.4 is 0 Å². The van der Waals surface area contributed by atoms with Gasteiger partial charge in [-0.25, -0.2) is 4.79 Å². The van der Waals surface area contributed by atoms with Gasteiger partial charge in [0.15, 0.2) is 0 Å². The molecule has 0 fully saturated rings. The summed E-state index contributed by atoms with van der Waals surface area (Å²) in [6.45, 7) is 3.86. The Balaban J connectivity index is 2.84. The lowest BCUT2D eigenvalue weighted by molar-refractivity contribution is 0.0699. The number of aryl methyl sites for hydroxylation is 2. The smallest absolute Gasteiger partial charge is 0.337 e. The van der Waals surface area contributed by atoms with Gasteiger partial charge in [-0.1, -0.05) is 12.1 Å². The van der Waals surface area contributed by atoms with E-state index >= 15 is 0 Å². The molecule has 2 nitrogen and oxygen atoms in total. The summed E-state index contributed by atoms with van der Waals surface area (Å²) in [4.78, 5) is 11.9. The first-order valence-corrected chi connectivity index (χ1v) is 5.14. The number of carboxylic acids is 1. The number of rotatable bonds is 1. The summed E-state index contributed by atoms with van der Waals surface area (Å²) in [6, 6.07) is 5.86. The molecule has 0 amide bonds. The van der Waals surface area contributed by atoms with Gasteiger partial charge in [0.1, 0.15) is 0 Å². The highest BCUT2D eigenvalue weighted by atomic mass is 32.1. The van der Waals surface area contributed by atoms with Gasteiger partial charge in [-0.3, -0.25) is 0 Å². The number of thiophene rings is 1. The van der Waals surface area contributed by atoms with E-state index in [-0.39, 0.29) is 0 Å². The van der Waals surface area contributed by atoms with Crippen molar-refractivity contribution < 1.29 is 9.90 Å². The third kappa shape index (κ3) is 1.30. The highest BCUT2D eigenvalue weighted by molar-refractivity contribution is 7.19. The number of hydrogen-bond acceptors (Lipinski definition) is 2. The SMILES string of the molecule is Cc1ccc2c(C(=O)O)c(C)sc2c1. The van der Waals surface area contributed by atoms with E-state index in [9.17, 15) is 4.79 Å². The van der Waals surface area contributed by atoms with Crippen LogP contribution >= 0.6 is 11.3 Å². The summed E-state index contributed by atoms with van der Waals surface area (Å²) < 4.78 is 1.06. The summed E-state index contributed by atoms with van der Waals surface area (Å²) in [5.74, 6) is -0.836. The Labute approximate surface area is 85.8 Å². The Bertz CT molecular complexity index is 511. The molecule has 0 radical (unpaired) electrons. The van der Waals surface area contributed by atoms with Gasteiger partial charge in [0.2, 0.25) is 0 Å². The molecular formula is C11H10O2S. The molecule has 14 heavy (non-hydrogen) atoms. The van der Waals surface area contributed by atoms with Crippen molar-refractivity contribution in [1.82, 2.24) is 0 Å². The Morgan fingerprint density at radius 3 is 2.71 bits per heavy atom. The third-order valence-corrected chi connectivity index (χ3v) is 3.30. The topological polar surface area (TPSA) is 37.3 Å². The van der Waals surface area contributed by atoms with Crippen molar-refractivity contribution in [2.24, 2.45) is 0 Å². The normalized spacial score (nSPS) is 10.7. The Morgan fingerprint density at radius 2 is 2.07 bits per heavy atom. The lowest BCUT2D eigenvalue weighted by atomic mass is 10.1. The molecule has 0 unspecified atom stereocenters. The van der Waals surface area contributed by atoms with Crippen molar-refractivity contribution in [2.45, 2.75) is 13.8 Å². The maximum Gasteiger partial charge on any atom is 0.337 e. The number of benzene rings is 1. The quantitative estimate of drug-likeness (QED) is 0.777. The number of hydrogen-bond donors (Lipinski definition) is 1. The molecule has 2 rings (SSSR count). The fraction of sp³-hybridized carbons (Fsp3) is 0.182. The van der Waals surface area contributed by atoms with Crippen LogP contribution in [0.25, 0.3) is 10.1 Å². The zero-order chi connectivity index (χ0) is 10.3. The molecule has 0 aliphatic carbocycles. The van der Waals surface area contributed by atoms with E-state index in [1.807, 2.05) is 32.0 Å². The highest BCUT2D eigenvalue weighted by Crippen LogP contribution is 2.31. The summed E-state index contributed by atoms with van der Waals surface area (Å²) in [5.41, 5.74) is 1.61. The minimum absolute atomic E-state index is 0.449. The second kappa shape index (κ2) is 3.10. The lowest BCUT2D eigenvalue weighted by Gasteiger charge is -1.94. The van der Waals surface area contributed by atoms with Gasteiger partial charge in [-0.15, -0.1) is 11.3 Å². The average molecular weight is 206 g/mol. The number of fused-ring (bicyclic) bond motifs is 1. The van der Waals surface area contributed by atoms with Crippen LogP contribution in [0.2, 0.25) is 0 Å². The molecule has 1 aromatic heterocycles. The van der Waals surface area contributed by atoms with Crippen molar-refractivity contribution in [3.8, 4) is 0 Å². The maximum absolute atomic E-state index is 11.0. The zero-order valence-electron chi connectivity index (χ0n) is 8.00. The molecule has 0 bridgehead atoms. The molecule has 0 saturated carbocycles. The average Bonchev–Trinajstić information content (AvgIpc) is 2.39.